The summed E-state index contributed by atoms with van der Waals surface area (Å²) < 4.78 is 5.44. The van der Waals surface area contributed by atoms with Crippen LogP contribution in [0.15, 0.2) is 48.5 Å². The molecule has 0 amide bonds. The number of ether oxygens (including phenoxy) is 1. The van der Waals surface area contributed by atoms with E-state index in [1.165, 1.54) is 0 Å². The van der Waals surface area contributed by atoms with Gasteiger partial charge in [0.1, 0.15) is 12.1 Å². The van der Waals surface area contributed by atoms with Crippen LogP contribution in [0.1, 0.15) is 18.1 Å². The number of nitrogen functional groups attached to an aromatic ring is 1. The maximum absolute atomic E-state index is 12.4. The number of hydrogen-bond donors (Lipinski definition) is 2. The van der Waals surface area contributed by atoms with Crippen LogP contribution in [0.3, 0.4) is 0 Å². The number of carbonyl (C=O) groups is 1. The molecule has 2 aromatic carbocycles. The van der Waals surface area contributed by atoms with E-state index in [2.05, 4.69) is 5.32 Å². The van der Waals surface area contributed by atoms with Crippen molar-refractivity contribution in [3.05, 3.63) is 59.7 Å². The van der Waals surface area contributed by atoms with Crippen LogP contribution in [-0.4, -0.2) is 11.5 Å². The van der Waals surface area contributed by atoms with Gasteiger partial charge < -0.3 is 15.8 Å². The first kappa shape index (κ1) is 13.5. The minimum Gasteiger partial charge on any atom is -0.459 e. The average Bonchev–Trinajstić information content (AvgIpc) is 2.82. The summed E-state index contributed by atoms with van der Waals surface area (Å²) in [7, 11) is 0. The van der Waals surface area contributed by atoms with E-state index in [0.717, 1.165) is 16.8 Å². The highest BCUT2D eigenvalue weighted by Crippen LogP contribution is 2.34. The first-order valence-corrected chi connectivity index (χ1v) is 6.94. The Morgan fingerprint density at radius 2 is 2.05 bits per heavy atom. The Bertz CT molecular complexity index is 670. The lowest BCUT2D eigenvalue weighted by Crippen LogP contribution is -2.43. The van der Waals surface area contributed by atoms with Crippen molar-refractivity contribution in [2.24, 2.45) is 0 Å². The third-order valence-electron chi connectivity index (χ3n) is 3.75. The van der Waals surface area contributed by atoms with Gasteiger partial charge in [-0.05, 0) is 36.2 Å². The molecule has 1 aliphatic heterocycles. The molecular weight excluding hydrogens is 264 g/mol. The first-order chi connectivity index (χ1) is 10.1. The molecule has 0 fully saturated rings. The number of carbonyl (C=O) groups excluding carboxylic acids is 1. The number of fused-ring (bicyclic) bond motifs is 1. The van der Waals surface area contributed by atoms with E-state index >= 15 is 0 Å². The zero-order valence-electron chi connectivity index (χ0n) is 11.9. The van der Waals surface area contributed by atoms with Gasteiger partial charge in [-0.25, -0.2) is 4.79 Å². The zero-order valence-corrected chi connectivity index (χ0v) is 11.9. The summed E-state index contributed by atoms with van der Waals surface area (Å²) in [6.45, 7) is 2.14. The number of esters is 1. The van der Waals surface area contributed by atoms with Crippen LogP contribution < -0.4 is 11.1 Å². The van der Waals surface area contributed by atoms with E-state index in [-0.39, 0.29) is 12.6 Å². The summed E-state index contributed by atoms with van der Waals surface area (Å²) in [6.07, 6.45) is 0.584. The maximum atomic E-state index is 12.4. The Balaban J connectivity index is 1.68. The van der Waals surface area contributed by atoms with E-state index in [4.69, 9.17) is 10.5 Å². The number of benzene rings is 2. The van der Waals surface area contributed by atoms with Crippen LogP contribution >= 0.6 is 0 Å². The predicted molar refractivity (Wildman–Crippen MR) is 82.8 cm³/mol. The van der Waals surface area contributed by atoms with E-state index in [9.17, 15) is 4.79 Å². The lowest BCUT2D eigenvalue weighted by atomic mass is 9.98. The van der Waals surface area contributed by atoms with Crippen molar-refractivity contribution in [1.82, 2.24) is 0 Å². The minimum atomic E-state index is -0.731. The molecule has 0 aliphatic carbocycles. The number of nitrogens with one attached hydrogen (secondary N) is 1. The van der Waals surface area contributed by atoms with Crippen molar-refractivity contribution in [2.45, 2.75) is 25.5 Å². The minimum absolute atomic E-state index is 0.249. The first-order valence-electron chi connectivity index (χ1n) is 6.94. The molecule has 2 aromatic rings. The van der Waals surface area contributed by atoms with Crippen LogP contribution in [0, 0.1) is 0 Å². The van der Waals surface area contributed by atoms with Crippen molar-refractivity contribution in [3.8, 4) is 0 Å². The smallest absolute Gasteiger partial charge is 0.332 e. The van der Waals surface area contributed by atoms with Gasteiger partial charge in [-0.3, -0.25) is 0 Å². The fraction of sp³-hybridized carbons (Fsp3) is 0.235. The van der Waals surface area contributed by atoms with Crippen LogP contribution in [0.5, 0.6) is 0 Å². The standard InChI is InChI=1S/C17H18N2O2/c1-17(10-13-9-14(18)7-8-15(13)19-17)16(20)21-11-12-5-3-2-4-6-12/h2-9,19H,10-11,18H2,1H3/t17-/m1/s1. The van der Waals surface area contributed by atoms with Gasteiger partial charge in [0.15, 0.2) is 0 Å². The summed E-state index contributed by atoms with van der Waals surface area (Å²) in [6, 6.07) is 15.3. The molecular formula is C17H18N2O2. The van der Waals surface area contributed by atoms with Crippen molar-refractivity contribution in [3.63, 3.8) is 0 Å². The molecule has 0 aromatic heterocycles. The van der Waals surface area contributed by atoms with Gasteiger partial charge >= 0.3 is 5.97 Å². The van der Waals surface area contributed by atoms with E-state index in [1.54, 1.807) is 0 Å². The van der Waals surface area contributed by atoms with Crippen LogP contribution in [0.2, 0.25) is 0 Å². The maximum Gasteiger partial charge on any atom is 0.332 e. The number of nitrogens with two attached hydrogens (primary N) is 1. The van der Waals surface area contributed by atoms with E-state index in [1.807, 2.05) is 55.5 Å². The normalized spacial score (nSPS) is 19.7. The van der Waals surface area contributed by atoms with Gasteiger partial charge in [0.2, 0.25) is 0 Å². The van der Waals surface area contributed by atoms with Crippen molar-refractivity contribution >= 4 is 17.3 Å². The molecule has 1 aliphatic rings. The molecule has 0 unspecified atom stereocenters. The average molecular weight is 282 g/mol. The van der Waals surface area contributed by atoms with Crippen molar-refractivity contribution in [1.29, 1.82) is 0 Å². The Kier molecular flexibility index (Phi) is 3.29. The fourth-order valence-electron chi connectivity index (χ4n) is 2.61. The van der Waals surface area contributed by atoms with Gasteiger partial charge in [-0.2, -0.15) is 0 Å². The lowest BCUT2D eigenvalue weighted by molar-refractivity contribution is -0.149. The molecule has 1 atom stereocenters. The molecule has 1 heterocycles. The number of hydrogen-bond acceptors (Lipinski definition) is 4. The molecule has 0 radical (unpaired) electrons. The number of rotatable bonds is 3. The Labute approximate surface area is 123 Å². The van der Waals surface area contributed by atoms with E-state index < -0.39 is 5.54 Å². The molecule has 0 bridgehead atoms. The highest BCUT2D eigenvalue weighted by atomic mass is 16.5. The third-order valence-corrected chi connectivity index (χ3v) is 3.75. The summed E-state index contributed by atoms with van der Waals surface area (Å²) in [5.41, 5.74) is 8.74. The summed E-state index contributed by atoms with van der Waals surface area (Å²) >= 11 is 0. The quantitative estimate of drug-likeness (QED) is 0.671. The van der Waals surface area contributed by atoms with Gasteiger partial charge in [-0.1, -0.05) is 30.3 Å². The largest absolute Gasteiger partial charge is 0.459 e. The summed E-state index contributed by atoms with van der Waals surface area (Å²) in [5, 5.41) is 3.24. The van der Waals surface area contributed by atoms with Crippen LogP contribution in [0.25, 0.3) is 0 Å². The molecule has 108 valence electrons. The molecule has 0 saturated heterocycles. The molecule has 21 heavy (non-hydrogen) atoms. The van der Waals surface area contributed by atoms with E-state index in [0.29, 0.717) is 12.1 Å². The Morgan fingerprint density at radius 3 is 2.81 bits per heavy atom. The van der Waals surface area contributed by atoms with Gasteiger partial charge in [0.25, 0.3) is 0 Å². The second kappa shape index (κ2) is 5.13. The molecule has 0 saturated carbocycles. The highest BCUT2D eigenvalue weighted by molar-refractivity contribution is 5.87. The monoisotopic (exact) mass is 282 g/mol. The second-order valence-electron chi connectivity index (χ2n) is 5.61. The Morgan fingerprint density at radius 1 is 1.29 bits per heavy atom. The lowest BCUT2D eigenvalue weighted by Gasteiger charge is -2.22. The topological polar surface area (TPSA) is 64.3 Å². The molecule has 0 spiro atoms. The highest BCUT2D eigenvalue weighted by Gasteiger charge is 2.40. The predicted octanol–water partition coefficient (Wildman–Crippen LogP) is 2.74. The van der Waals surface area contributed by atoms with Gasteiger partial charge in [0.05, 0.1) is 0 Å². The Hall–Kier alpha value is -2.49. The van der Waals surface area contributed by atoms with Crippen molar-refractivity contribution in [2.75, 3.05) is 11.1 Å². The van der Waals surface area contributed by atoms with Gasteiger partial charge in [0, 0.05) is 17.8 Å². The molecule has 4 nitrogen and oxygen atoms in total. The zero-order chi connectivity index (χ0) is 14.9. The van der Waals surface area contributed by atoms with Crippen LogP contribution in [0.4, 0.5) is 11.4 Å². The number of anilines is 2. The summed E-state index contributed by atoms with van der Waals surface area (Å²) in [4.78, 5) is 12.4. The molecule has 3 rings (SSSR count). The fourth-order valence-corrected chi connectivity index (χ4v) is 2.61. The summed E-state index contributed by atoms with van der Waals surface area (Å²) in [5.74, 6) is -0.249. The van der Waals surface area contributed by atoms with Gasteiger partial charge in [-0.15, -0.1) is 0 Å². The van der Waals surface area contributed by atoms with Crippen molar-refractivity contribution < 1.29 is 9.53 Å². The second-order valence-corrected chi connectivity index (χ2v) is 5.61. The third kappa shape index (κ3) is 2.70. The molecule has 4 heteroatoms. The molecule has 3 N–H and O–H groups in total. The SMILES string of the molecule is C[C@]1(C(=O)OCc2ccccc2)Cc2cc(N)ccc2N1. The van der Waals surface area contributed by atoms with Crippen LogP contribution in [-0.2, 0) is 22.6 Å².